The van der Waals surface area contributed by atoms with Crippen molar-refractivity contribution in [1.29, 1.82) is 0 Å². The number of halogens is 1. The number of aromatic nitrogens is 2. The van der Waals surface area contributed by atoms with Gasteiger partial charge in [-0.25, -0.2) is 9.37 Å². The third-order valence-corrected chi connectivity index (χ3v) is 7.03. The molecule has 0 aliphatic carbocycles. The lowest BCUT2D eigenvalue weighted by atomic mass is 9.98. The van der Waals surface area contributed by atoms with Crippen LogP contribution in [0.1, 0.15) is 54.7 Å². The Morgan fingerprint density at radius 3 is 2.35 bits per heavy atom. The number of carbonyl (C=O) groups is 1. The lowest BCUT2D eigenvalue weighted by Crippen LogP contribution is -2.34. The number of nitrogens with zero attached hydrogens (tertiary/aromatic N) is 3. The molecule has 1 unspecified atom stereocenters. The number of hydrogen-bond acceptors (Lipinski definition) is 5. The van der Waals surface area contributed by atoms with Crippen molar-refractivity contribution in [2.45, 2.75) is 45.1 Å². The molecule has 5 nitrogen and oxygen atoms in total. The molecule has 1 heterocycles. The summed E-state index contributed by atoms with van der Waals surface area (Å²) in [7, 11) is 0. The summed E-state index contributed by atoms with van der Waals surface area (Å²) >= 11 is 1.35. The van der Waals surface area contributed by atoms with Crippen LogP contribution in [0.4, 0.5) is 9.52 Å². The number of anilines is 1. The Morgan fingerprint density at radius 1 is 0.946 bits per heavy atom. The van der Waals surface area contributed by atoms with E-state index >= 15 is 0 Å². The zero-order valence-corrected chi connectivity index (χ0v) is 22.0. The third kappa shape index (κ3) is 8.22. The minimum atomic E-state index is -0.252. The van der Waals surface area contributed by atoms with Crippen molar-refractivity contribution in [1.82, 2.24) is 14.7 Å². The standard InChI is InChI=1S/C30H33FN4OS/c1-2-3-19-35(30-33-28(34-37-30)22-24-14-16-26(31)17-15-24)20-18-29(36)32-27(25-12-8-5-9-13-25)21-23-10-6-4-7-11-23/h4-17,27H,2-3,18-22H2,1H3,(H,32,36). The second-order valence-electron chi connectivity index (χ2n) is 9.11. The molecule has 1 N–H and O–H groups in total. The minimum Gasteiger partial charge on any atom is -0.349 e. The van der Waals surface area contributed by atoms with Crippen molar-refractivity contribution in [3.8, 4) is 0 Å². The zero-order valence-electron chi connectivity index (χ0n) is 21.1. The maximum atomic E-state index is 13.2. The number of unbranched alkanes of at least 4 members (excludes halogenated alkanes) is 1. The number of hydrogen-bond donors (Lipinski definition) is 1. The van der Waals surface area contributed by atoms with Gasteiger partial charge in [0, 0.05) is 37.5 Å². The molecule has 0 saturated carbocycles. The van der Waals surface area contributed by atoms with Gasteiger partial charge in [-0.05, 0) is 41.7 Å². The molecule has 3 aromatic carbocycles. The topological polar surface area (TPSA) is 58.1 Å². The fourth-order valence-corrected chi connectivity index (χ4v) is 4.91. The molecule has 0 spiro atoms. The van der Waals surface area contributed by atoms with Crippen LogP contribution in [0, 0.1) is 5.82 Å². The molecule has 4 aromatic rings. The maximum absolute atomic E-state index is 13.2. The van der Waals surface area contributed by atoms with E-state index in [0.717, 1.165) is 42.1 Å². The van der Waals surface area contributed by atoms with E-state index in [1.165, 1.54) is 29.2 Å². The second kappa shape index (κ2) is 13.7. The molecule has 1 amide bonds. The van der Waals surface area contributed by atoms with Gasteiger partial charge in [-0.2, -0.15) is 4.37 Å². The Labute approximate surface area is 222 Å². The molecule has 1 atom stereocenters. The fraction of sp³-hybridized carbons (Fsp3) is 0.300. The highest BCUT2D eigenvalue weighted by atomic mass is 32.1. The van der Waals surface area contributed by atoms with Crippen LogP contribution in [0.5, 0.6) is 0 Å². The summed E-state index contributed by atoms with van der Waals surface area (Å²) in [6, 6.07) is 26.7. The van der Waals surface area contributed by atoms with Crippen LogP contribution < -0.4 is 10.2 Å². The van der Waals surface area contributed by atoms with Crippen LogP contribution in [0.3, 0.4) is 0 Å². The smallest absolute Gasteiger partial charge is 0.222 e. The van der Waals surface area contributed by atoms with Crippen LogP contribution >= 0.6 is 11.5 Å². The van der Waals surface area contributed by atoms with E-state index in [-0.39, 0.29) is 17.8 Å². The largest absolute Gasteiger partial charge is 0.349 e. The molecule has 0 bridgehead atoms. The van der Waals surface area contributed by atoms with Crippen LogP contribution in [0.15, 0.2) is 84.9 Å². The van der Waals surface area contributed by atoms with Crippen LogP contribution in [-0.2, 0) is 17.6 Å². The lowest BCUT2D eigenvalue weighted by molar-refractivity contribution is -0.121. The minimum absolute atomic E-state index is 0.0160. The van der Waals surface area contributed by atoms with Gasteiger partial charge in [-0.3, -0.25) is 4.79 Å². The predicted octanol–water partition coefficient (Wildman–Crippen LogP) is 6.36. The van der Waals surface area contributed by atoms with Crippen molar-refractivity contribution in [2.24, 2.45) is 0 Å². The van der Waals surface area contributed by atoms with Crippen molar-refractivity contribution in [2.75, 3.05) is 18.0 Å². The molecule has 0 fully saturated rings. The molecule has 0 radical (unpaired) electrons. The SMILES string of the molecule is CCCCN(CCC(=O)NC(Cc1ccccc1)c1ccccc1)c1nc(Cc2ccc(F)cc2)ns1. The molecule has 0 aliphatic heterocycles. The highest BCUT2D eigenvalue weighted by Gasteiger charge is 2.18. The van der Waals surface area contributed by atoms with E-state index in [4.69, 9.17) is 4.98 Å². The summed E-state index contributed by atoms with van der Waals surface area (Å²) in [4.78, 5) is 20.0. The summed E-state index contributed by atoms with van der Waals surface area (Å²) in [5, 5.41) is 4.08. The highest BCUT2D eigenvalue weighted by molar-refractivity contribution is 7.09. The second-order valence-corrected chi connectivity index (χ2v) is 9.84. The molecule has 0 aliphatic rings. The number of benzene rings is 3. The van der Waals surface area contributed by atoms with E-state index in [1.807, 2.05) is 36.4 Å². The number of nitrogens with one attached hydrogen (secondary N) is 1. The van der Waals surface area contributed by atoms with Gasteiger partial charge in [0.1, 0.15) is 11.6 Å². The van der Waals surface area contributed by atoms with E-state index in [0.29, 0.717) is 25.2 Å². The third-order valence-electron chi connectivity index (χ3n) is 6.21. The maximum Gasteiger partial charge on any atom is 0.222 e. The number of carbonyl (C=O) groups excluding carboxylic acids is 1. The monoisotopic (exact) mass is 516 g/mol. The van der Waals surface area contributed by atoms with Crippen molar-refractivity contribution >= 4 is 22.6 Å². The van der Waals surface area contributed by atoms with Gasteiger partial charge in [-0.15, -0.1) is 0 Å². The Balaban J connectivity index is 1.39. The number of amides is 1. The van der Waals surface area contributed by atoms with Gasteiger partial charge in [-0.1, -0.05) is 86.1 Å². The summed E-state index contributed by atoms with van der Waals surface area (Å²) in [6.07, 6.45) is 3.72. The van der Waals surface area contributed by atoms with E-state index in [9.17, 15) is 9.18 Å². The van der Waals surface area contributed by atoms with Gasteiger partial charge in [0.05, 0.1) is 6.04 Å². The molecule has 0 saturated heterocycles. The van der Waals surface area contributed by atoms with Gasteiger partial charge >= 0.3 is 0 Å². The first kappa shape index (κ1) is 26.5. The zero-order chi connectivity index (χ0) is 25.9. The van der Waals surface area contributed by atoms with E-state index in [1.54, 1.807) is 12.1 Å². The van der Waals surface area contributed by atoms with Crippen molar-refractivity contribution in [3.63, 3.8) is 0 Å². The average molecular weight is 517 g/mol. The van der Waals surface area contributed by atoms with Gasteiger partial charge < -0.3 is 10.2 Å². The van der Waals surface area contributed by atoms with Gasteiger partial charge in [0.15, 0.2) is 0 Å². The fourth-order valence-electron chi connectivity index (χ4n) is 4.17. The normalized spacial score (nSPS) is 11.7. The number of rotatable bonds is 13. The average Bonchev–Trinajstić information content (AvgIpc) is 3.39. The Morgan fingerprint density at radius 2 is 1.65 bits per heavy atom. The first-order valence-corrected chi connectivity index (χ1v) is 13.6. The quantitative estimate of drug-likeness (QED) is 0.225. The Hall–Kier alpha value is -3.58. The Kier molecular flexibility index (Phi) is 9.77. The van der Waals surface area contributed by atoms with Crippen LogP contribution in [0.2, 0.25) is 0 Å². The summed E-state index contributed by atoms with van der Waals surface area (Å²) in [6.45, 7) is 3.55. The summed E-state index contributed by atoms with van der Waals surface area (Å²) in [5.41, 5.74) is 3.25. The van der Waals surface area contributed by atoms with Gasteiger partial charge in [0.2, 0.25) is 11.0 Å². The van der Waals surface area contributed by atoms with Gasteiger partial charge in [0.25, 0.3) is 0 Å². The molecule has 7 heteroatoms. The summed E-state index contributed by atoms with van der Waals surface area (Å²) in [5.74, 6) is 0.477. The lowest BCUT2D eigenvalue weighted by Gasteiger charge is -2.23. The van der Waals surface area contributed by atoms with Crippen molar-refractivity contribution in [3.05, 3.63) is 113 Å². The van der Waals surface area contributed by atoms with Crippen LogP contribution in [-0.4, -0.2) is 28.4 Å². The molecular weight excluding hydrogens is 483 g/mol. The molecule has 192 valence electrons. The Bertz CT molecular complexity index is 1230. The molecule has 4 rings (SSSR count). The first-order valence-electron chi connectivity index (χ1n) is 12.8. The molecule has 37 heavy (non-hydrogen) atoms. The van der Waals surface area contributed by atoms with Crippen LogP contribution in [0.25, 0.3) is 0 Å². The predicted molar refractivity (Wildman–Crippen MR) is 148 cm³/mol. The summed E-state index contributed by atoms with van der Waals surface area (Å²) < 4.78 is 17.7. The van der Waals surface area contributed by atoms with Crippen molar-refractivity contribution < 1.29 is 9.18 Å². The van der Waals surface area contributed by atoms with E-state index < -0.39 is 0 Å². The molecule has 1 aromatic heterocycles. The highest BCUT2D eigenvalue weighted by Crippen LogP contribution is 2.22. The molecular formula is C30H33FN4OS. The first-order chi connectivity index (χ1) is 18.1. The van der Waals surface area contributed by atoms with E-state index in [2.05, 4.69) is 45.8 Å².